The molecule has 31 heavy (non-hydrogen) atoms. The van der Waals surface area contributed by atoms with Crippen LogP contribution in [0.5, 0.6) is 11.5 Å². The first-order chi connectivity index (χ1) is 14.9. The Kier molecular flexibility index (Phi) is 9.38. The fourth-order valence-corrected chi connectivity index (χ4v) is 3.26. The van der Waals surface area contributed by atoms with Crippen molar-refractivity contribution in [3.63, 3.8) is 0 Å². The Balaban J connectivity index is 2.14. The molecule has 0 aliphatic carbocycles. The van der Waals surface area contributed by atoms with Gasteiger partial charge in [-0.3, -0.25) is 9.59 Å². The summed E-state index contributed by atoms with van der Waals surface area (Å²) in [5.74, 6) is 1.09. The highest BCUT2D eigenvalue weighted by molar-refractivity contribution is 5.87. The number of carbonyl (C=O) groups excluding carboxylic acids is 2. The van der Waals surface area contributed by atoms with Crippen molar-refractivity contribution in [2.75, 3.05) is 14.2 Å². The summed E-state index contributed by atoms with van der Waals surface area (Å²) < 4.78 is 10.6. The third kappa shape index (κ3) is 7.02. The molecule has 0 aliphatic heterocycles. The number of nitrogens with zero attached hydrogens (tertiary/aromatic N) is 1. The molecule has 0 unspecified atom stereocenters. The summed E-state index contributed by atoms with van der Waals surface area (Å²) in [7, 11) is 3.18. The van der Waals surface area contributed by atoms with Gasteiger partial charge < -0.3 is 19.7 Å². The quantitative estimate of drug-likeness (QED) is 0.590. The maximum absolute atomic E-state index is 13.2. The van der Waals surface area contributed by atoms with Gasteiger partial charge in [-0.15, -0.1) is 0 Å². The number of rotatable bonds is 11. The number of hydrogen-bond acceptors (Lipinski definition) is 4. The van der Waals surface area contributed by atoms with Crippen molar-refractivity contribution in [3.8, 4) is 11.5 Å². The Morgan fingerprint density at radius 1 is 0.968 bits per heavy atom. The lowest BCUT2D eigenvalue weighted by Crippen LogP contribution is -2.49. The number of benzene rings is 2. The molecule has 6 nitrogen and oxygen atoms in total. The molecule has 1 N–H and O–H groups in total. The van der Waals surface area contributed by atoms with E-state index in [0.29, 0.717) is 30.9 Å². The summed E-state index contributed by atoms with van der Waals surface area (Å²) in [4.78, 5) is 27.6. The molecule has 0 bridgehead atoms. The fraction of sp³-hybridized carbons (Fsp3) is 0.440. The van der Waals surface area contributed by atoms with Gasteiger partial charge in [0.1, 0.15) is 6.04 Å². The van der Waals surface area contributed by atoms with Crippen LogP contribution in [0.2, 0.25) is 0 Å². The van der Waals surface area contributed by atoms with Gasteiger partial charge in [0.2, 0.25) is 11.8 Å². The zero-order chi connectivity index (χ0) is 22.8. The Labute approximate surface area is 185 Å². The molecule has 0 saturated carbocycles. The Bertz CT molecular complexity index is 854. The molecule has 0 radical (unpaired) electrons. The van der Waals surface area contributed by atoms with Gasteiger partial charge in [-0.25, -0.2) is 0 Å². The molecule has 0 heterocycles. The van der Waals surface area contributed by atoms with E-state index in [1.165, 1.54) is 0 Å². The SMILES string of the molecule is CC[C@H](C)NC(=O)[C@@H](C)N(Cc1ccccc1)C(=O)CCc1ccc(OC)c(OC)c1. The zero-order valence-electron chi connectivity index (χ0n) is 19.2. The van der Waals surface area contributed by atoms with E-state index in [2.05, 4.69) is 5.32 Å². The molecule has 6 heteroatoms. The van der Waals surface area contributed by atoms with Crippen molar-refractivity contribution in [2.24, 2.45) is 0 Å². The van der Waals surface area contributed by atoms with Gasteiger partial charge in [-0.05, 0) is 49.9 Å². The molecule has 2 atom stereocenters. The van der Waals surface area contributed by atoms with Gasteiger partial charge in [-0.2, -0.15) is 0 Å². The summed E-state index contributed by atoms with van der Waals surface area (Å²) in [6.07, 6.45) is 1.68. The average molecular weight is 427 g/mol. The topological polar surface area (TPSA) is 67.9 Å². The van der Waals surface area contributed by atoms with E-state index in [1.54, 1.807) is 26.0 Å². The van der Waals surface area contributed by atoms with E-state index in [-0.39, 0.29) is 17.9 Å². The molecule has 2 amide bonds. The van der Waals surface area contributed by atoms with Crippen molar-refractivity contribution in [1.29, 1.82) is 0 Å². The standard InChI is InChI=1S/C25H34N2O4/c1-6-18(2)26-25(29)19(3)27(17-21-10-8-7-9-11-21)24(28)15-13-20-12-14-22(30-4)23(16-20)31-5/h7-12,14,16,18-19H,6,13,15,17H2,1-5H3,(H,26,29)/t18-,19+/m0/s1. The second kappa shape index (κ2) is 12.0. The van der Waals surface area contributed by atoms with Gasteiger partial charge in [0.05, 0.1) is 14.2 Å². The molecule has 0 saturated heterocycles. The maximum atomic E-state index is 13.2. The molecule has 0 aromatic heterocycles. The minimum absolute atomic E-state index is 0.0644. The highest BCUT2D eigenvalue weighted by Crippen LogP contribution is 2.28. The van der Waals surface area contributed by atoms with Gasteiger partial charge in [0, 0.05) is 19.0 Å². The molecule has 168 valence electrons. The molecule has 2 aromatic rings. The summed E-state index contributed by atoms with van der Waals surface area (Å²) in [5.41, 5.74) is 1.97. The number of ether oxygens (including phenoxy) is 2. The number of carbonyl (C=O) groups is 2. The van der Waals surface area contributed by atoms with Crippen molar-refractivity contribution in [3.05, 3.63) is 59.7 Å². The van der Waals surface area contributed by atoms with Crippen LogP contribution in [0, 0.1) is 0 Å². The molecule has 0 aliphatic rings. The maximum Gasteiger partial charge on any atom is 0.242 e. The van der Waals surface area contributed by atoms with E-state index in [9.17, 15) is 9.59 Å². The largest absolute Gasteiger partial charge is 0.493 e. The van der Waals surface area contributed by atoms with Crippen LogP contribution in [-0.2, 0) is 22.6 Å². The third-order valence-electron chi connectivity index (χ3n) is 5.44. The van der Waals surface area contributed by atoms with Crippen molar-refractivity contribution >= 4 is 11.8 Å². The smallest absolute Gasteiger partial charge is 0.242 e. The van der Waals surface area contributed by atoms with Crippen molar-refractivity contribution in [2.45, 2.75) is 58.7 Å². The summed E-state index contributed by atoms with van der Waals surface area (Å²) in [6, 6.07) is 14.9. The lowest BCUT2D eigenvalue weighted by molar-refractivity contribution is -0.140. The highest BCUT2D eigenvalue weighted by Gasteiger charge is 2.26. The van der Waals surface area contributed by atoms with Crippen molar-refractivity contribution in [1.82, 2.24) is 10.2 Å². The zero-order valence-corrected chi connectivity index (χ0v) is 19.2. The number of methoxy groups -OCH3 is 2. The van der Waals surface area contributed by atoms with E-state index in [0.717, 1.165) is 17.5 Å². The Morgan fingerprint density at radius 3 is 2.26 bits per heavy atom. The van der Waals surface area contributed by atoms with Crippen LogP contribution in [0.3, 0.4) is 0 Å². The summed E-state index contributed by atoms with van der Waals surface area (Å²) in [6.45, 7) is 6.16. The number of aryl methyl sites for hydroxylation is 1. The first-order valence-corrected chi connectivity index (χ1v) is 10.7. The molecule has 2 rings (SSSR count). The molecule has 0 spiro atoms. The van der Waals surface area contributed by atoms with Gasteiger partial charge >= 0.3 is 0 Å². The Hall–Kier alpha value is -3.02. The predicted molar refractivity (Wildman–Crippen MR) is 122 cm³/mol. The lowest BCUT2D eigenvalue weighted by Gasteiger charge is -2.30. The van der Waals surface area contributed by atoms with Crippen LogP contribution in [0.4, 0.5) is 0 Å². The van der Waals surface area contributed by atoms with E-state index in [1.807, 2.05) is 62.4 Å². The third-order valence-corrected chi connectivity index (χ3v) is 5.44. The second-order valence-electron chi connectivity index (χ2n) is 7.69. The Morgan fingerprint density at radius 2 is 1.65 bits per heavy atom. The normalized spacial score (nSPS) is 12.5. The minimum atomic E-state index is -0.563. The monoisotopic (exact) mass is 426 g/mol. The van der Waals surface area contributed by atoms with Gasteiger partial charge in [0.25, 0.3) is 0 Å². The van der Waals surface area contributed by atoms with Crippen LogP contribution in [0.15, 0.2) is 48.5 Å². The van der Waals surface area contributed by atoms with Crippen LogP contribution in [0.1, 0.15) is 44.7 Å². The molecule has 2 aromatic carbocycles. The number of nitrogens with one attached hydrogen (secondary N) is 1. The minimum Gasteiger partial charge on any atom is -0.493 e. The van der Waals surface area contributed by atoms with Crippen LogP contribution >= 0.6 is 0 Å². The predicted octanol–water partition coefficient (Wildman–Crippen LogP) is 3.97. The lowest BCUT2D eigenvalue weighted by atomic mass is 10.1. The van der Waals surface area contributed by atoms with E-state index in [4.69, 9.17) is 9.47 Å². The summed E-state index contributed by atoms with van der Waals surface area (Å²) in [5, 5.41) is 2.99. The molecule has 0 fully saturated rings. The molecular formula is C25H34N2O4. The fourth-order valence-electron chi connectivity index (χ4n) is 3.26. The van der Waals surface area contributed by atoms with E-state index >= 15 is 0 Å². The van der Waals surface area contributed by atoms with Crippen LogP contribution in [0.25, 0.3) is 0 Å². The average Bonchev–Trinajstić information content (AvgIpc) is 2.80. The van der Waals surface area contributed by atoms with Gasteiger partial charge in [-0.1, -0.05) is 43.3 Å². The second-order valence-corrected chi connectivity index (χ2v) is 7.69. The van der Waals surface area contributed by atoms with E-state index < -0.39 is 6.04 Å². The first-order valence-electron chi connectivity index (χ1n) is 10.7. The van der Waals surface area contributed by atoms with Gasteiger partial charge in [0.15, 0.2) is 11.5 Å². The molecular weight excluding hydrogens is 392 g/mol. The van der Waals surface area contributed by atoms with Crippen LogP contribution < -0.4 is 14.8 Å². The number of hydrogen-bond donors (Lipinski definition) is 1. The number of amides is 2. The van der Waals surface area contributed by atoms with Crippen LogP contribution in [-0.4, -0.2) is 43.0 Å². The van der Waals surface area contributed by atoms with Crippen molar-refractivity contribution < 1.29 is 19.1 Å². The highest BCUT2D eigenvalue weighted by atomic mass is 16.5. The summed E-state index contributed by atoms with van der Waals surface area (Å²) >= 11 is 0. The first kappa shape index (κ1) is 24.3.